The number of piperidine rings is 1. The number of aromatic hydroxyl groups is 1. The molecule has 1 amide bonds. The standard InChI is InChI=1S/C14H20N2O3/c1-16(10-5-4-8-15-9-10)14(18)11-6-3-7-12(19-2)13(11)17/h3,6-7,10,15,17H,4-5,8-9H2,1-2H3. The van der Waals surface area contributed by atoms with E-state index in [0.717, 1.165) is 25.9 Å². The van der Waals surface area contributed by atoms with Gasteiger partial charge >= 0.3 is 0 Å². The van der Waals surface area contributed by atoms with E-state index in [4.69, 9.17) is 4.74 Å². The fourth-order valence-electron chi connectivity index (χ4n) is 2.38. The molecule has 0 saturated carbocycles. The maximum atomic E-state index is 12.4. The monoisotopic (exact) mass is 264 g/mol. The van der Waals surface area contributed by atoms with Gasteiger partial charge in [-0.15, -0.1) is 0 Å². The Morgan fingerprint density at radius 3 is 2.95 bits per heavy atom. The molecule has 0 aromatic heterocycles. The Morgan fingerprint density at radius 1 is 1.53 bits per heavy atom. The minimum absolute atomic E-state index is 0.0920. The van der Waals surface area contributed by atoms with Gasteiger partial charge in [0.1, 0.15) is 0 Å². The van der Waals surface area contributed by atoms with Crippen molar-refractivity contribution in [1.82, 2.24) is 10.2 Å². The van der Waals surface area contributed by atoms with Crippen molar-refractivity contribution in [2.75, 3.05) is 27.2 Å². The van der Waals surface area contributed by atoms with Crippen LogP contribution in [0.2, 0.25) is 0 Å². The lowest BCUT2D eigenvalue weighted by molar-refractivity contribution is 0.0704. The topological polar surface area (TPSA) is 61.8 Å². The highest BCUT2D eigenvalue weighted by Crippen LogP contribution is 2.30. The summed E-state index contributed by atoms with van der Waals surface area (Å²) in [5, 5.41) is 13.3. The van der Waals surface area contributed by atoms with E-state index in [2.05, 4.69) is 5.32 Å². The van der Waals surface area contributed by atoms with E-state index in [1.807, 2.05) is 0 Å². The van der Waals surface area contributed by atoms with Gasteiger partial charge in [0, 0.05) is 19.6 Å². The zero-order chi connectivity index (χ0) is 13.8. The van der Waals surface area contributed by atoms with Gasteiger partial charge in [-0.2, -0.15) is 0 Å². The smallest absolute Gasteiger partial charge is 0.257 e. The minimum Gasteiger partial charge on any atom is -0.504 e. The first kappa shape index (κ1) is 13.7. The first-order valence-electron chi connectivity index (χ1n) is 6.49. The molecular formula is C14H20N2O3. The van der Waals surface area contributed by atoms with Crippen molar-refractivity contribution in [3.8, 4) is 11.5 Å². The van der Waals surface area contributed by atoms with Crippen molar-refractivity contribution in [2.45, 2.75) is 18.9 Å². The highest BCUT2D eigenvalue weighted by molar-refractivity contribution is 5.97. The van der Waals surface area contributed by atoms with Crippen LogP contribution in [-0.2, 0) is 0 Å². The maximum absolute atomic E-state index is 12.4. The molecule has 0 bridgehead atoms. The van der Waals surface area contributed by atoms with Crippen molar-refractivity contribution in [1.29, 1.82) is 0 Å². The molecule has 1 aliphatic heterocycles. The molecule has 1 saturated heterocycles. The molecule has 0 aliphatic carbocycles. The summed E-state index contributed by atoms with van der Waals surface area (Å²) in [6.45, 7) is 1.80. The Morgan fingerprint density at radius 2 is 2.32 bits per heavy atom. The third kappa shape index (κ3) is 2.81. The van der Waals surface area contributed by atoms with Crippen LogP contribution in [0.15, 0.2) is 18.2 Å². The summed E-state index contributed by atoms with van der Waals surface area (Å²) < 4.78 is 5.03. The van der Waals surface area contributed by atoms with Crippen LogP contribution in [-0.4, -0.2) is 49.2 Å². The molecule has 1 atom stereocenters. The minimum atomic E-state index is -0.176. The molecule has 2 N–H and O–H groups in total. The van der Waals surface area contributed by atoms with E-state index in [1.54, 1.807) is 30.1 Å². The van der Waals surface area contributed by atoms with Crippen molar-refractivity contribution >= 4 is 5.91 Å². The van der Waals surface area contributed by atoms with E-state index >= 15 is 0 Å². The van der Waals surface area contributed by atoms with Gasteiger partial charge in [0.25, 0.3) is 5.91 Å². The SMILES string of the molecule is COc1cccc(C(=O)N(C)C2CCCNC2)c1O. The molecule has 0 radical (unpaired) electrons. The second-order valence-electron chi connectivity index (χ2n) is 4.77. The van der Waals surface area contributed by atoms with Gasteiger partial charge < -0.3 is 20.1 Å². The second kappa shape index (κ2) is 5.93. The van der Waals surface area contributed by atoms with Gasteiger partial charge in [-0.3, -0.25) is 4.79 Å². The fourth-order valence-corrected chi connectivity index (χ4v) is 2.38. The number of benzene rings is 1. The van der Waals surface area contributed by atoms with E-state index in [-0.39, 0.29) is 23.3 Å². The molecule has 1 heterocycles. The first-order valence-corrected chi connectivity index (χ1v) is 6.49. The number of likely N-dealkylation sites (N-methyl/N-ethyl adjacent to an activating group) is 1. The van der Waals surface area contributed by atoms with Crippen LogP contribution >= 0.6 is 0 Å². The lowest BCUT2D eigenvalue weighted by atomic mass is 10.0. The molecule has 5 heteroatoms. The molecule has 104 valence electrons. The molecule has 1 unspecified atom stereocenters. The van der Waals surface area contributed by atoms with Crippen LogP contribution in [0.3, 0.4) is 0 Å². The summed E-state index contributed by atoms with van der Waals surface area (Å²) in [6.07, 6.45) is 2.05. The molecular weight excluding hydrogens is 244 g/mol. The number of methoxy groups -OCH3 is 1. The maximum Gasteiger partial charge on any atom is 0.257 e. The predicted octanol–water partition coefficient (Wildman–Crippen LogP) is 1.22. The van der Waals surface area contributed by atoms with E-state index in [1.165, 1.54) is 7.11 Å². The number of amides is 1. The summed E-state index contributed by atoms with van der Waals surface area (Å²) >= 11 is 0. The molecule has 1 aromatic rings. The number of hydrogen-bond acceptors (Lipinski definition) is 4. The van der Waals surface area contributed by atoms with Crippen molar-refractivity contribution in [2.24, 2.45) is 0 Å². The van der Waals surface area contributed by atoms with E-state index in [9.17, 15) is 9.90 Å². The first-order chi connectivity index (χ1) is 9.15. The van der Waals surface area contributed by atoms with Gasteiger partial charge in [0.15, 0.2) is 11.5 Å². The Hall–Kier alpha value is -1.75. The molecule has 1 fully saturated rings. The Labute approximate surface area is 113 Å². The molecule has 1 aliphatic rings. The Balaban J connectivity index is 2.18. The molecule has 1 aromatic carbocycles. The fraction of sp³-hybridized carbons (Fsp3) is 0.500. The van der Waals surface area contributed by atoms with Gasteiger partial charge in [0.2, 0.25) is 0 Å². The van der Waals surface area contributed by atoms with Crippen LogP contribution in [0.5, 0.6) is 11.5 Å². The number of hydrogen-bond donors (Lipinski definition) is 2. The number of para-hydroxylation sites is 1. The zero-order valence-electron chi connectivity index (χ0n) is 11.3. The second-order valence-corrected chi connectivity index (χ2v) is 4.77. The van der Waals surface area contributed by atoms with Crippen LogP contribution in [0.1, 0.15) is 23.2 Å². The molecule has 2 rings (SSSR count). The molecule has 0 spiro atoms. The summed E-state index contributed by atoms with van der Waals surface area (Å²) in [4.78, 5) is 14.1. The number of phenolic OH excluding ortho intramolecular Hbond substituents is 1. The third-order valence-corrected chi connectivity index (χ3v) is 3.59. The van der Waals surface area contributed by atoms with Crippen LogP contribution in [0, 0.1) is 0 Å². The molecule has 19 heavy (non-hydrogen) atoms. The highest BCUT2D eigenvalue weighted by Gasteiger charge is 2.25. The van der Waals surface area contributed by atoms with Crippen molar-refractivity contribution in [3.63, 3.8) is 0 Å². The van der Waals surface area contributed by atoms with Crippen molar-refractivity contribution < 1.29 is 14.6 Å². The molecule has 5 nitrogen and oxygen atoms in total. The number of carbonyl (C=O) groups is 1. The number of nitrogens with zero attached hydrogens (tertiary/aromatic N) is 1. The average Bonchev–Trinajstić information content (AvgIpc) is 2.47. The number of nitrogens with one attached hydrogen (secondary N) is 1. The normalized spacial score (nSPS) is 18.9. The lowest BCUT2D eigenvalue weighted by Gasteiger charge is -2.32. The number of rotatable bonds is 3. The summed E-state index contributed by atoms with van der Waals surface area (Å²) in [5.74, 6) is 0.0525. The van der Waals surface area contributed by atoms with Crippen LogP contribution in [0.4, 0.5) is 0 Å². The van der Waals surface area contributed by atoms with Crippen LogP contribution in [0.25, 0.3) is 0 Å². The van der Waals surface area contributed by atoms with E-state index < -0.39 is 0 Å². The Bertz CT molecular complexity index is 456. The summed E-state index contributed by atoms with van der Waals surface area (Å²) in [6, 6.07) is 5.13. The van der Waals surface area contributed by atoms with Gasteiger partial charge in [-0.25, -0.2) is 0 Å². The van der Waals surface area contributed by atoms with E-state index in [0.29, 0.717) is 5.75 Å². The summed E-state index contributed by atoms with van der Waals surface area (Å²) in [5.41, 5.74) is 0.285. The highest BCUT2D eigenvalue weighted by atomic mass is 16.5. The lowest BCUT2D eigenvalue weighted by Crippen LogP contribution is -2.46. The zero-order valence-corrected chi connectivity index (χ0v) is 11.3. The van der Waals surface area contributed by atoms with Crippen molar-refractivity contribution in [3.05, 3.63) is 23.8 Å². The third-order valence-electron chi connectivity index (χ3n) is 3.59. The Kier molecular flexibility index (Phi) is 4.27. The number of phenols is 1. The quantitative estimate of drug-likeness (QED) is 0.862. The largest absolute Gasteiger partial charge is 0.504 e. The summed E-state index contributed by atoms with van der Waals surface area (Å²) in [7, 11) is 3.25. The average molecular weight is 264 g/mol. The number of ether oxygens (including phenoxy) is 1. The van der Waals surface area contributed by atoms with Gasteiger partial charge in [-0.1, -0.05) is 6.07 Å². The van der Waals surface area contributed by atoms with Crippen LogP contribution < -0.4 is 10.1 Å². The van der Waals surface area contributed by atoms with Gasteiger partial charge in [0.05, 0.1) is 12.7 Å². The predicted molar refractivity (Wildman–Crippen MR) is 72.6 cm³/mol. The van der Waals surface area contributed by atoms with Gasteiger partial charge in [-0.05, 0) is 31.5 Å². The number of carbonyl (C=O) groups excluding carboxylic acids is 1.